The van der Waals surface area contributed by atoms with E-state index < -0.39 is 0 Å². The average Bonchev–Trinajstić information content (AvgIpc) is 2.34. The number of hydrogen-bond acceptors (Lipinski definition) is 0. The van der Waals surface area contributed by atoms with Gasteiger partial charge in [0.05, 0.1) is 0 Å². The minimum Gasteiger partial charge on any atom is -0.0931 e. The minimum absolute atomic E-state index is 0.826. The van der Waals surface area contributed by atoms with Crippen molar-refractivity contribution in [2.24, 2.45) is 0 Å². The van der Waals surface area contributed by atoms with Gasteiger partial charge in [0.2, 0.25) is 0 Å². The summed E-state index contributed by atoms with van der Waals surface area (Å²) in [6.07, 6.45) is 0.826. The Labute approximate surface area is 110 Å². The molecule has 0 saturated heterocycles. The molecule has 0 aromatic heterocycles. The molecule has 0 saturated carbocycles. The van der Waals surface area contributed by atoms with Gasteiger partial charge in [0.1, 0.15) is 0 Å². The molecule has 0 aliphatic rings. The molecule has 0 N–H and O–H groups in total. The van der Waals surface area contributed by atoms with Gasteiger partial charge in [-0.1, -0.05) is 47.7 Å². The molecule has 0 atom stereocenters. The second kappa shape index (κ2) is 5.56. The van der Waals surface area contributed by atoms with Crippen LogP contribution in [0.3, 0.4) is 0 Å². The molecule has 18 heavy (non-hydrogen) atoms. The van der Waals surface area contributed by atoms with E-state index >= 15 is 0 Å². The van der Waals surface area contributed by atoms with Gasteiger partial charge < -0.3 is 0 Å². The molecule has 0 nitrogen and oxygen atoms in total. The second-order valence-corrected chi connectivity index (χ2v) is 4.72. The first-order valence-corrected chi connectivity index (χ1v) is 6.27. The van der Waals surface area contributed by atoms with Crippen LogP contribution in [0, 0.1) is 32.6 Å². The maximum atomic E-state index is 3.27. The molecule has 0 radical (unpaired) electrons. The summed E-state index contributed by atoms with van der Waals surface area (Å²) >= 11 is 0. The van der Waals surface area contributed by atoms with Crippen LogP contribution in [0.4, 0.5) is 0 Å². The van der Waals surface area contributed by atoms with Crippen molar-refractivity contribution in [3.05, 3.63) is 70.3 Å². The molecule has 0 heteroatoms. The fourth-order valence-electron chi connectivity index (χ4n) is 2.24. The van der Waals surface area contributed by atoms with Gasteiger partial charge in [0.15, 0.2) is 0 Å². The monoisotopic (exact) mass is 234 g/mol. The summed E-state index contributed by atoms with van der Waals surface area (Å²) in [6, 6.07) is 14.6. The van der Waals surface area contributed by atoms with E-state index in [2.05, 4.69) is 44.7 Å². The highest BCUT2D eigenvalue weighted by Gasteiger charge is 2.01. The van der Waals surface area contributed by atoms with Gasteiger partial charge in [0, 0.05) is 12.0 Å². The van der Waals surface area contributed by atoms with Crippen LogP contribution in [0.5, 0.6) is 0 Å². The Kier molecular flexibility index (Phi) is 3.85. The van der Waals surface area contributed by atoms with Gasteiger partial charge in [-0.15, -0.1) is 0 Å². The largest absolute Gasteiger partial charge is 0.0931 e. The summed E-state index contributed by atoms with van der Waals surface area (Å²) in [7, 11) is 0. The van der Waals surface area contributed by atoms with Crippen LogP contribution in [0.1, 0.15) is 27.8 Å². The normalized spacial score (nSPS) is 9.72. The average molecular weight is 234 g/mol. The van der Waals surface area contributed by atoms with Crippen LogP contribution in [0.2, 0.25) is 0 Å². The molecular weight excluding hydrogens is 216 g/mol. The van der Waals surface area contributed by atoms with Crippen molar-refractivity contribution in [1.82, 2.24) is 0 Å². The zero-order valence-corrected chi connectivity index (χ0v) is 11.2. The van der Waals surface area contributed by atoms with Gasteiger partial charge in [-0.05, 0) is 49.6 Å². The summed E-state index contributed by atoms with van der Waals surface area (Å²) in [5.74, 6) is 6.48. The number of benzene rings is 2. The lowest BCUT2D eigenvalue weighted by Crippen LogP contribution is -1.93. The molecule has 2 rings (SSSR count). The highest BCUT2D eigenvalue weighted by molar-refractivity contribution is 5.41. The number of aryl methyl sites for hydroxylation is 3. The lowest BCUT2D eigenvalue weighted by Gasteiger charge is -2.07. The van der Waals surface area contributed by atoms with Crippen LogP contribution in [-0.4, -0.2) is 0 Å². The summed E-state index contributed by atoms with van der Waals surface area (Å²) in [6.45, 7) is 6.47. The molecule has 0 unspecified atom stereocenters. The van der Waals surface area contributed by atoms with E-state index in [1.54, 1.807) is 0 Å². The van der Waals surface area contributed by atoms with E-state index in [0.29, 0.717) is 0 Å². The molecule has 0 fully saturated rings. The van der Waals surface area contributed by atoms with E-state index in [1.807, 2.05) is 30.3 Å². The van der Waals surface area contributed by atoms with Gasteiger partial charge in [-0.25, -0.2) is 0 Å². The van der Waals surface area contributed by atoms with E-state index in [0.717, 1.165) is 12.0 Å². The standard InChI is InChI=1S/C18H18/c1-14-12-15(2)18(16(3)13-14)11-7-10-17-8-5-4-6-9-17/h4-6,8-9,12-13H,11H2,1-3H3. The Morgan fingerprint density at radius 2 is 1.50 bits per heavy atom. The van der Waals surface area contributed by atoms with Crippen molar-refractivity contribution >= 4 is 0 Å². The van der Waals surface area contributed by atoms with Crippen molar-refractivity contribution in [1.29, 1.82) is 0 Å². The van der Waals surface area contributed by atoms with Crippen molar-refractivity contribution in [3.63, 3.8) is 0 Å². The quantitative estimate of drug-likeness (QED) is 0.648. The van der Waals surface area contributed by atoms with Crippen LogP contribution in [0.15, 0.2) is 42.5 Å². The fraction of sp³-hybridized carbons (Fsp3) is 0.222. The Bertz CT molecular complexity index is 572. The molecule has 0 spiro atoms. The van der Waals surface area contributed by atoms with Crippen LogP contribution >= 0.6 is 0 Å². The van der Waals surface area contributed by atoms with Gasteiger partial charge in [-0.3, -0.25) is 0 Å². The third kappa shape index (κ3) is 3.02. The van der Waals surface area contributed by atoms with Crippen molar-refractivity contribution in [2.75, 3.05) is 0 Å². The predicted octanol–water partition coefficient (Wildman–Crippen LogP) is 4.21. The van der Waals surface area contributed by atoms with Crippen LogP contribution < -0.4 is 0 Å². The number of rotatable bonds is 1. The van der Waals surface area contributed by atoms with Gasteiger partial charge in [0.25, 0.3) is 0 Å². The first kappa shape index (κ1) is 12.5. The van der Waals surface area contributed by atoms with E-state index in [4.69, 9.17) is 0 Å². The lowest BCUT2D eigenvalue weighted by atomic mass is 9.97. The van der Waals surface area contributed by atoms with Gasteiger partial charge in [-0.2, -0.15) is 0 Å². The maximum absolute atomic E-state index is 3.27. The highest BCUT2D eigenvalue weighted by atomic mass is 14.1. The lowest BCUT2D eigenvalue weighted by molar-refractivity contribution is 1.17. The number of hydrogen-bond donors (Lipinski definition) is 0. The van der Waals surface area contributed by atoms with Crippen LogP contribution in [-0.2, 0) is 6.42 Å². The predicted molar refractivity (Wildman–Crippen MR) is 77.7 cm³/mol. The Morgan fingerprint density at radius 3 is 2.11 bits per heavy atom. The van der Waals surface area contributed by atoms with Crippen LogP contribution in [0.25, 0.3) is 0 Å². The smallest absolute Gasteiger partial charge is 0.0349 e. The topological polar surface area (TPSA) is 0 Å². The molecule has 0 aliphatic heterocycles. The Morgan fingerprint density at radius 1 is 0.889 bits per heavy atom. The first-order chi connectivity index (χ1) is 8.66. The van der Waals surface area contributed by atoms with Crippen molar-refractivity contribution in [2.45, 2.75) is 27.2 Å². The first-order valence-electron chi connectivity index (χ1n) is 6.27. The maximum Gasteiger partial charge on any atom is 0.0349 e. The molecule has 2 aromatic carbocycles. The Balaban J connectivity index is 2.19. The second-order valence-electron chi connectivity index (χ2n) is 4.72. The van der Waals surface area contributed by atoms with E-state index in [9.17, 15) is 0 Å². The van der Waals surface area contributed by atoms with E-state index in [-0.39, 0.29) is 0 Å². The highest BCUT2D eigenvalue weighted by Crippen LogP contribution is 2.16. The summed E-state index contributed by atoms with van der Waals surface area (Å²) in [4.78, 5) is 0. The summed E-state index contributed by atoms with van der Waals surface area (Å²) in [5.41, 5.74) is 6.46. The fourth-order valence-corrected chi connectivity index (χ4v) is 2.24. The third-order valence-electron chi connectivity index (χ3n) is 3.11. The zero-order chi connectivity index (χ0) is 13.0. The molecule has 0 bridgehead atoms. The Hall–Kier alpha value is -2.00. The molecule has 90 valence electrons. The summed E-state index contributed by atoms with van der Waals surface area (Å²) < 4.78 is 0. The minimum atomic E-state index is 0.826. The molecular formula is C18H18. The van der Waals surface area contributed by atoms with Gasteiger partial charge >= 0.3 is 0 Å². The zero-order valence-electron chi connectivity index (χ0n) is 11.2. The summed E-state index contributed by atoms with van der Waals surface area (Å²) in [5, 5.41) is 0. The van der Waals surface area contributed by atoms with Crippen molar-refractivity contribution < 1.29 is 0 Å². The third-order valence-corrected chi connectivity index (χ3v) is 3.11. The molecule has 0 aliphatic carbocycles. The van der Waals surface area contributed by atoms with E-state index in [1.165, 1.54) is 22.3 Å². The SMILES string of the molecule is Cc1cc(C)c(CC#Cc2ccccc2)c(C)c1. The molecule has 2 aromatic rings. The molecule has 0 heterocycles. The van der Waals surface area contributed by atoms with Crippen molar-refractivity contribution in [3.8, 4) is 11.8 Å². The molecule has 0 amide bonds.